The van der Waals surface area contributed by atoms with Crippen molar-refractivity contribution in [3.63, 3.8) is 0 Å². The van der Waals surface area contributed by atoms with Gasteiger partial charge in [-0.15, -0.1) is 0 Å². The molecule has 0 saturated carbocycles. The Labute approximate surface area is 124 Å². The summed E-state index contributed by atoms with van der Waals surface area (Å²) < 4.78 is 28.0. The molecule has 2 aromatic rings. The molecule has 5 heteroatoms. The molecule has 20 heavy (non-hydrogen) atoms. The number of anilines is 2. The van der Waals surface area contributed by atoms with Gasteiger partial charge in [0.15, 0.2) is 0 Å². The van der Waals surface area contributed by atoms with E-state index < -0.39 is 11.6 Å². The van der Waals surface area contributed by atoms with E-state index in [-0.39, 0.29) is 5.69 Å². The fourth-order valence-corrected chi connectivity index (χ4v) is 2.23. The highest BCUT2D eigenvalue weighted by Crippen LogP contribution is 2.30. The molecule has 0 aliphatic carbocycles. The second kappa shape index (κ2) is 6.02. The van der Waals surface area contributed by atoms with Crippen molar-refractivity contribution in [3.05, 3.63) is 59.2 Å². The van der Waals surface area contributed by atoms with Crippen LogP contribution in [0, 0.1) is 23.0 Å². The quantitative estimate of drug-likeness (QED) is 0.771. The van der Waals surface area contributed by atoms with Gasteiger partial charge in [-0.05, 0) is 42.0 Å². The molecule has 0 aliphatic heterocycles. The lowest BCUT2D eigenvalue weighted by Gasteiger charge is -2.21. The lowest BCUT2D eigenvalue weighted by atomic mass is 10.1. The number of alkyl halides is 1. The first kappa shape index (κ1) is 14.5. The summed E-state index contributed by atoms with van der Waals surface area (Å²) in [6.07, 6.45) is 0. The molecular weight excluding hydrogens is 326 g/mol. The number of rotatable bonds is 3. The van der Waals surface area contributed by atoms with Gasteiger partial charge in [0.05, 0.1) is 11.6 Å². The lowest BCUT2D eigenvalue weighted by Crippen LogP contribution is -2.13. The molecule has 0 amide bonds. The zero-order valence-corrected chi connectivity index (χ0v) is 12.3. The Kier molecular flexibility index (Phi) is 4.35. The van der Waals surface area contributed by atoms with Gasteiger partial charge in [-0.2, -0.15) is 5.26 Å². The van der Waals surface area contributed by atoms with Gasteiger partial charge in [0.2, 0.25) is 0 Å². The molecule has 2 rings (SSSR count). The summed E-state index contributed by atoms with van der Waals surface area (Å²) in [6, 6.07) is 11.1. The highest BCUT2D eigenvalue weighted by atomic mass is 79.9. The minimum absolute atomic E-state index is 0.112. The van der Waals surface area contributed by atoms with Crippen molar-refractivity contribution in [2.24, 2.45) is 0 Å². The SMILES string of the molecule is CN(c1ccc(C#N)cc1)c1c(F)cc(CBr)cc1F. The average Bonchev–Trinajstić information content (AvgIpc) is 2.46. The normalized spacial score (nSPS) is 10.2. The topological polar surface area (TPSA) is 27.0 Å². The van der Waals surface area contributed by atoms with Crippen molar-refractivity contribution in [2.75, 3.05) is 11.9 Å². The number of nitrogens with zero attached hydrogens (tertiary/aromatic N) is 2. The van der Waals surface area contributed by atoms with Crippen LogP contribution in [0.4, 0.5) is 20.2 Å². The molecule has 0 bridgehead atoms. The Bertz CT molecular complexity index is 640. The van der Waals surface area contributed by atoms with E-state index in [0.29, 0.717) is 22.1 Å². The van der Waals surface area contributed by atoms with Gasteiger partial charge in [0.25, 0.3) is 0 Å². The number of hydrogen-bond acceptors (Lipinski definition) is 2. The minimum Gasteiger partial charge on any atom is -0.340 e. The third-order valence-electron chi connectivity index (χ3n) is 2.95. The van der Waals surface area contributed by atoms with Gasteiger partial charge < -0.3 is 4.90 Å². The van der Waals surface area contributed by atoms with Crippen LogP contribution >= 0.6 is 15.9 Å². The third kappa shape index (κ3) is 2.81. The van der Waals surface area contributed by atoms with Crippen LogP contribution in [0.3, 0.4) is 0 Å². The van der Waals surface area contributed by atoms with E-state index in [1.165, 1.54) is 17.0 Å². The van der Waals surface area contributed by atoms with Crippen LogP contribution in [-0.2, 0) is 5.33 Å². The molecule has 0 aliphatic rings. The molecule has 0 atom stereocenters. The van der Waals surface area contributed by atoms with Gasteiger partial charge in [-0.3, -0.25) is 0 Å². The van der Waals surface area contributed by atoms with Gasteiger partial charge >= 0.3 is 0 Å². The third-order valence-corrected chi connectivity index (χ3v) is 3.60. The van der Waals surface area contributed by atoms with E-state index in [2.05, 4.69) is 15.9 Å². The van der Waals surface area contributed by atoms with Crippen molar-refractivity contribution < 1.29 is 8.78 Å². The first-order valence-electron chi connectivity index (χ1n) is 5.84. The summed E-state index contributed by atoms with van der Waals surface area (Å²) in [4.78, 5) is 1.42. The Morgan fingerprint density at radius 3 is 2.15 bits per heavy atom. The highest BCUT2D eigenvalue weighted by Gasteiger charge is 2.16. The summed E-state index contributed by atoms with van der Waals surface area (Å²) in [5.41, 5.74) is 1.53. The van der Waals surface area contributed by atoms with Crippen LogP contribution in [-0.4, -0.2) is 7.05 Å². The molecular formula is C15H11BrF2N2. The second-order valence-corrected chi connectivity index (χ2v) is 4.82. The summed E-state index contributed by atoms with van der Waals surface area (Å²) in [6.45, 7) is 0. The number of nitriles is 1. The van der Waals surface area contributed by atoms with Crippen LogP contribution in [0.25, 0.3) is 0 Å². The Hall–Kier alpha value is -1.93. The Balaban J connectivity index is 2.42. The summed E-state index contributed by atoms with van der Waals surface area (Å²) in [5, 5.41) is 9.13. The fraction of sp³-hybridized carbons (Fsp3) is 0.133. The maximum absolute atomic E-state index is 14.0. The maximum atomic E-state index is 14.0. The predicted octanol–water partition coefficient (Wildman–Crippen LogP) is 4.50. The Morgan fingerprint density at radius 1 is 1.15 bits per heavy atom. The Morgan fingerprint density at radius 2 is 1.70 bits per heavy atom. The van der Waals surface area contributed by atoms with E-state index >= 15 is 0 Å². The van der Waals surface area contributed by atoms with Gasteiger partial charge in [-0.1, -0.05) is 15.9 Å². The number of benzene rings is 2. The fourth-order valence-electron chi connectivity index (χ4n) is 1.90. The number of hydrogen-bond donors (Lipinski definition) is 0. The second-order valence-electron chi connectivity index (χ2n) is 4.26. The molecule has 2 aromatic carbocycles. The average molecular weight is 337 g/mol. The first-order valence-corrected chi connectivity index (χ1v) is 6.96. The summed E-state index contributed by atoms with van der Waals surface area (Å²) in [5.74, 6) is -1.24. The largest absolute Gasteiger partial charge is 0.340 e. The molecule has 0 heterocycles. The summed E-state index contributed by atoms with van der Waals surface area (Å²) >= 11 is 3.17. The van der Waals surface area contributed by atoms with Crippen LogP contribution in [0.15, 0.2) is 36.4 Å². The zero-order chi connectivity index (χ0) is 14.7. The van der Waals surface area contributed by atoms with Gasteiger partial charge in [0.1, 0.15) is 17.3 Å². The van der Waals surface area contributed by atoms with Crippen molar-refractivity contribution in [1.29, 1.82) is 5.26 Å². The zero-order valence-electron chi connectivity index (χ0n) is 10.7. The van der Waals surface area contributed by atoms with Crippen molar-refractivity contribution >= 4 is 27.3 Å². The number of halogens is 3. The summed E-state index contributed by atoms with van der Waals surface area (Å²) in [7, 11) is 1.58. The molecule has 0 saturated heterocycles. The van der Waals surface area contributed by atoms with Gasteiger partial charge in [-0.25, -0.2) is 8.78 Å². The van der Waals surface area contributed by atoms with E-state index in [1.54, 1.807) is 31.3 Å². The molecule has 2 nitrogen and oxygen atoms in total. The molecule has 0 unspecified atom stereocenters. The molecule has 0 N–H and O–H groups in total. The van der Waals surface area contributed by atoms with E-state index in [9.17, 15) is 8.78 Å². The minimum atomic E-state index is -0.619. The van der Waals surface area contributed by atoms with Crippen molar-refractivity contribution in [2.45, 2.75) is 5.33 Å². The predicted molar refractivity (Wildman–Crippen MR) is 78.2 cm³/mol. The van der Waals surface area contributed by atoms with Crippen LogP contribution in [0.1, 0.15) is 11.1 Å². The molecule has 0 spiro atoms. The standard InChI is InChI=1S/C15H11BrF2N2/c1-20(12-4-2-10(9-19)3-5-12)15-13(17)6-11(8-16)7-14(15)18/h2-7H,8H2,1H3. The van der Waals surface area contributed by atoms with Crippen LogP contribution < -0.4 is 4.90 Å². The van der Waals surface area contributed by atoms with Crippen LogP contribution in [0.2, 0.25) is 0 Å². The van der Waals surface area contributed by atoms with Crippen LogP contribution in [0.5, 0.6) is 0 Å². The first-order chi connectivity index (χ1) is 9.56. The smallest absolute Gasteiger partial charge is 0.150 e. The maximum Gasteiger partial charge on any atom is 0.150 e. The molecule has 102 valence electrons. The van der Waals surface area contributed by atoms with Crippen molar-refractivity contribution in [3.8, 4) is 6.07 Å². The molecule has 0 fully saturated rings. The lowest BCUT2D eigenvalue weighted by molar-refractivity contribution is 0.582. The molecule has 0 aromatic heterocycles. The molecule has 0 radical (unpaired) electrons. The highest BCUT2D eigenvalue weighted by molar-refractivity contribution is 9.08. The van der Waals surface area contributed by atoms with E-state index in [1.807, 2.05) is 6.07 Å². The van der Waals surface area contributed by atoms with E-state index in [4.69, 9.17) is 5.26 Å². The van der Waals surface area contributed by atoms with E-state index in [0.717, 1.165) is 0 Å². The monoisotopic (exact) mass is 336 g/mol. The van der Waals surface area contributed by atoms with Gasteiger partial charge in [0, 0.05) is 18.1 Å². The van der Waals surface area contributed by atoms with Crippen molar-refractivity contribution in [1.82, 2.24) is 0 Å².